The van der Waals surface area contributed by atoms with Gasteiger partial charge in [0.05, 0.1) is 18.6 Å². The van der Waals surface area contributed by atoms with Gasteiger partial charge in [-0.15, -0.1) is 0 Å². The van der Waals surface area contributed by atoms with Crippen molar-refractivity contribution in [1.29, 1.82) is 0 Å². The molecule has 6 nitrogen and oxygen atoms in total. The van der Waals surface area contributed by atoms with Crippen LogP contribution < -0.4 is 5.32 Å². The zero-order valence-corrected chi connectivity index (χ0v) is 13.5. The Bertz CT molecular complexity index is 540. The number of imidazole rings is 1. The Hall–Kier alpha value is -1.69. The second-order valence-electron chi connectivity index (χ2n) is 6.31. The van der Waals surface area contributed by atoms with E-state index >= 15 is 0 Å². The first kappa shape index (κ1) is 15.7. The van der Waals surface area contributed by atoms with Gasteiger partial charge in [0.15, 0.2) is 0 Å². The zero-order valence-electron chi connectivity index (χ0n) is 13.5. The van der Waals surface area contributed by atoms with Crippen molar-refractivity contribution in [2.24, 2.45) is 11.8 Å². The standard InChI is InChI=1S/C15H26N6/c1-12(2)5-16-6-14-8-20(11-18-14)9-15-17-10-19-21(15)7-13(3)4/h8,10-13,16H,5-7,9H2,1-4H3. The van der Waals surface area contributed by atoms with Gasteiger partial charge < -0.3 is 9.88 Å². The number of hydrogen-bond donors (Lipinski definition) is 1. The highest BCUT2D eigenvalue weighted by molar-refractivity contribution is 4.99. The maximum Gasteiger partial charge on any atom is 0.146 e. The molecular weight excluding hydrogens is 264 g/mol. The van der Waals surface area contributed by atoms with Crippen molar-refractivity contribution in [1.82, 2.24) is 29.6 Å². The van der Waals surface area contributed by atoms with Crippen molar-refractivity contribution in [3.8, 4) is 0 Å². The van der Waals surface area contributed by atoms with E-state index in [-0.39, 0.29) is 0 Å². The van der Waals surface area contributed by atoms with Gasteiger partial charge in [0.25, 0.3) is 0 Å². The molecule has 0 aliphatic heterocycles. The molecule has 6 heteroatoms. The fourth-order valence-corrected chi connectivity index (χ4v) is 2.15. The lowest BCUT2D eigenvalue weighted by atomic mass is 10.2. The van der Waals surface area contributed by atoms with Crippen LogP contribution in [0.15, 0.2) is 18.9 Å². The Labute approximate surface area is 126 Å². The van der Waals surface area contributed by atoms with Crippen molar-refractivity contribution in [2.45, 2.75) is 47.3 Å². The molecule has 21 heavy (non-hydrogen) atoms. The number of nitrogens with zero attached hydrogens (tertiary/aromatic N) is 5. The summed E-state index contributed by atoms with van der Waals surface area (Å²) in [5, 5.41) is 7.69. The minimum Gasteiger partial charge on any atom is -0.330 e. The van der Waals surface area contributed by atoms with E-state index in [1.165, 1.54) is 0 Å². The second kappa shape index (κ2) is 7.36. The lowest BCUT2D eigenvalue weighted by molar-refractivity contribution is 0.460. The molecule has 0 atom stereocenters. The molecule has 2 rings (SSSR count). The van der Waals surface area contributed by atoms with Crippen LogP contribution in [0, 0.1) is 11.8 Å². The zero-order chi connectivity index (χ0) is 15.2. The van der Waals surface area contributed by atoms with Gasteiger partial charge in [0, 0.05) is 19.3 Å². The Kier molecular flexibility index (Phi) is 5.50. The lowest BCUT2D eigenvalue weighted by Crippen LogP contribution is -2.19. The van der Waals surface area contributed by atoms with Crippen LogP contribution in [0.5, 0.6) is 0 Å². The Morgan fingerprint density at radius 1 is 1.14 bits per heavy atom. The van der Waals surface area contributed by atoms with Crippen molar-refractivity contribution >= 4 is 0 Å². The van der Waals surface area contributed by atoms with Gasteiger partial charge in [-0.25, -0.2) is 14.6 Å². The van der Waals surface area contributed by atoms with E-state index in [1.807, 2.05) is 11.0 Å². The first-order valence-corrected chi connectivity index (χ1v) is 7.62. The number of nitrogens with one attached hydrogen (secondary N) is 1. The summed E-state index contributed by atoms with van der Waals surface area (Å²) in [7, 11) is 0. The highest BCUT2D eigenvalue weighted by atomic mass is 15.3. The smallest absolute Gasteiger partial charge is 0.146 e. The summed E-state index contributed by atoms with van der Waals surface area (Å²) < 4.78 is 4.04. The minimum atomic E-state index is 0.559. The fraction of sp³-hybridized carbons (Fsp3) is 0.667. The first-order chi connectivity index (χ1) is 10.0. The van der Waals surface area contributed by atoms with Crippen LogP contribution in [0.3, 0.4) is 0 Å². The van der Waals surface area contributed by atoms with Gasteiger partial charge in [-0.2, -0.15) is 5.10 Å². The normalized spacial score (nSPS) is 11.7. The topological polar surface area (TPSA) is 60.6 Å². The van der Waals surface area contributed by atoms with Crippen molar-refractivity contribution in [3.63, 3.8) is 0 Å². The summed E-state index contributed by atoms with van der Waals surface area (Å²) in [6.07, 6.45) is 5.56. The molecule has 0 aromatic carbocycles. The monoisotopic (exact) mass is 290 g/mol. The van der Waals surface area contributed by atoms with E-state index in [9.17, 15) is 0 Å². The molecule has 0 aliphatic carbocycles. The molecule has 0 fully saturated rings. The predicted molar refractivity (Wildman–Crippen MR) is 82.7 cm³/mol. The molecule has 0 radical (unpaired) electrons. The molecule has 2 aromatic rings. The molecule has 0 bridgehead atoms. The highest BCUT2D eigenvalue weighted by Gasteiger charge is 2.07. The third-order valence-corrected chi connectivity index (χ3v) is 3.10. The average Bonchev–Trinajstić information content (AvgIpc) is 3.00. The molecule has 0 saturated heterocycles. The molecule has 0 aliphatic rings. The molecule has 116 valence electrons. The molecule has 0 spiro atoms. The van der Waals surface area contributed by atoms with Crippen LogP contribution in [0.4, 0.5) is 0 Å². The summed E-state index contributed by atoms with van der Waals surface area (Å²) in [4.78, 5) is 8.77. The molecular formula is C15H26N6. The van der Waals surface area contributed by atoms with Gasteiger partial charge in [0.1, 0.15) is 12.2 Å². The number of hydrogen-bond acceptors (Lipinski definition) is 4. The van der Waals surface area contributed by atoms with Crippen LogP contribution in [-0.2, 0) is 19.6 Å². The largest absolute Gasteiger partial charge is 0.330 e. The fourth-order valence-electron chi connectivity index (χ4n) is 2.15. The summed E-state index contributed by atoms with van der Waals surface area (Å²) in [5.74, 6) is 2.19. The molecule has 1 N–H and O–H groups in total. The van der Waals surface area contributed by atoms with Crippen LogP contribution in [0.25, 0.3) is 0 Å². The quantitative estimate of drug-likeness (QED) is 0.807. The van der Waals surface area contributed by atoms with Gasteiger partial charge in [-0.05, 0) is 18.4 Å². The lowest BCUT2D eigenvalue weighted by Gasteiger charge is -2.08. The Morgan fingerprint density at radius 3 is 2.67 bits per heavy atom. The summed E-state index contributed by atoms with van der Waals surface area (Å²) in [6, 6.07) is 0. The number of aromatic nitrogens is 5. The third kappa shape index (κ3) is 4.97. The van der Waals surface area contributed by atoms with Crippen LogP contribution in [0.1, 0.15) is 39.2 Å². The first-order valence-electron chi connectivity index (χ1n) is 7.62. The molecule has 0 amide bonds. The molecule has 2 aromatic heterocycles. The molecule has 0 saturated carbocycles. The van der Waals surface area contributed by atoms with Crippen LogP contribution >= 0.6 is 0 Å². The van der Waals surface area contributed by atoms with E-state index in [0.29, 0.717) is 18.4 Å². The van der Waals surface area contributed by atoms with E-state index in [4.69, 9.17) is 0 Å². The van der Waals surface area contributed by atoms with Gasteiger partial charge in [-0.1, -0.05) is 27.7 Å². The minimum absolute atomic E-state index is 0.559. The van der Waals surface area contributed by atoms with E-state index in [1.54, 1.807) is 6.33 Å². The van der Waals surface area contributed by atoms with E-state index < -0.39 is 0 Å². The van der Waals surface area contributed by atoms with Gasteiger partial charge in [0.2, 0.25) is 0 Å². The molecule has 0 unspecified atom stereocenters. The Balaban J connectivity index is 1.92. The second-order valence-corrected chi connectivity index (χ2v) is 6.31. The maximum absolute atomic E-state index is 4.43. The average molecular weight is 290 g/mol. The number of rotatable bonds is 8. The van der Waals surface area contributed by atoms with E-state index in [2.05, 4.69) is 58.8 Å². The van der Waals surface area contributed by atoms with Crippen molar-refractivity contribution in [3.05, 3.63) is 30.4 Å². The summed E-state index contributed by atoms with van der Waals surface area (Å²) in [5.41, 5.74) is 1.06. The van der Waals surface area contributed by atoms with Crippen LogP contribution in [-0.4, -0.2) is 30.9 Å². The van der Waals surface area contributed by atoms with Crippen LogP contribution in [0.2, 0.25) is 0 Å². The maximum atomic E-state index is 4.43. The summed E-state index contributed by atoms with van der Waals surface area (Å²) >= 11 is 0. The Morgan fingerprint density at radius 2 is 1.95 bits per heavy atom. The van der Waals surface area contributed by atoms with Crippen molar-refractivity contribution < 1.29 is 0 Å². The van der Waals surface area contributed by atoms with Crippen molar-refractivity contribution in [2.75, 3.05) is 6.54 Å². The van der Waals surface area contributed by atoms with E-state index in [0.717, 1.165) is 31.2 Å². The highest BCUT2D eigenvalue weighted by Crippen LogP contribution is 2.05. The molecule has 2 heterocycles. The van der Waals surface area contributed by atoms with Gasteiger partial charge in [-0.3, -0.25) is 0 Å². The SMILES string of the molecule is CC(C)CNCc1cn(Cc2ncnn2CC(C)C)cn1. The van der Waals surface area contributed by atoms with Gasteiger partial charge >= 0.3 is 0 Å². The summed E-state index contributed by atoms with van der Waals surface area (Å²) in [6.45, 7) is 12.2. The predicted octanol–water partition coefficient (Wildman–Crippen LogP) is 1.92. The third-order valence-electron chi connectivity index (χ3n) is 3.10.